The molecule has 1 aromatic rings. The second-order valence-corrected chi connectivity index (χ2v) is 6.77. The number of carboxylic acids is 1. The van der Waals surface area contributed by atoms with Crippen LogP contribution in [-0.4, -0.2) is 49.8 Å². The van der Waals surface area contributed by atoms with Crippen molar-refractivity contribution in [3.05, 3.63) is 30.3 Å². The van der Waals surface area contributed by atoms with E-state index in [1.807, 2.05) is 0 Å². The van der Waals surface area contributed by atoms with E-state index >= 15 is 0 Å². The van der Waals surface area contributed by atoms with E-state index in [1.54, 1.807) is 18.2 Å². The summed E-state index contributed by atoms with van der Waals surface area (Å²) in [6.07, 6.45) is -0.307. The van der Waals surface area contributed by atoms with Crippen molar-refractivity contribution in [2.24, 2.45) is 0 Å². The monoisotopic (exact) mass is 343 g/mol. The summed E-state index contributed by atoms with van der Waals surface area (Å²) in [7, 11) is -3.65. The number of rotatable bonds is 8. The van der Waals surface area contributed by atoms with Crippen LogP contribution in [0.1, 0.15) is 13.3 Å². The van der Waals surface area contributed by atoms with Crippen molar-refractivity contribution in [3.8, 4) is 0 Å². The topological polar surface area (TPSA) is 127 Å². The van der Waals surface area contributed by atoms with Crippen LogP contribution >= 0.6 is 0 Å². The summed E-state index contributed by atoms with van der Waals surface area (Å²) in [6, 6.07) is 6.20. The van der Waals surface area contributed by atoms with Gasteiger partial charge >= 0.3 is 11.9 Å². The van der Waals surface area contributed by atoms with Crippen LogP contribution in [0.4, 0.5) is 0 Å². The number of carbonyl (C=O) groups is 3. The summed E-state index contributed by atoms with van der Waals surface area (Å²) in [5.41, 5.74) is 0. The molecule has 0 saturated carbocycles. The average molecular weight is 343 g/mol. The molecule has 0 aromatic heterocycles. The smallest absolute Gasteiger partial charge is 0.326 e. The van der Waals surface area contributed by atoms with E-state index in [0.717, 1.165) is 6.92 Å². The van der Waals surface area contributed by atoms with E-state index in [4.69, 9.17) is 5.11 Å². The number of carboxylic acid groups (broad SMARTS) is 1. The number of esters is 1. The highest BCUT2D eigenvalue weighted by Gasteiger charge is 2.24. The first-order valence-electron chi connectivity index (χ1n) is 6.65. The Kier molecular flexibility index (Phi) is 6.70. The van der Waals surface area contributed by atoms with E-state index in [2.05, 4.69) is 10.1 Å². The lowest BCUT2D eigenvalue weighted by atomic mass is 10.2. The van der Waals surface area contributed by atoms with Gasteiger partial charge in [0.25, 0.3) is 5.91 Å². The van der Waals surface area contributed by atoms with Gasteiger partial charge in [-0.05, 0) is 18.6 Å². The van der Waals surface area contributed by atoms with Crippen LogP contribution in [0.25, 0.3) is 0 Å². The van der Waals surface area contributed by atoms with Crippen LogP contribution in [-0.2, 0) is 29.0 Å². The summed E-state index contributed by atoms with van der Waals surface area (Å²) in [5, 5.41) is 11.2. The molecule has 2 N–H and O–H groups in total. The highest BCUT2D eigenvalue weighted by atomic mass is 32.2. The predicted molar refractivity (Wildman–Crippen MR) is 79.3 cm³/mol. The molecular formula is C14H17NO7S. The molecule has 8 nitrogen and oxygen atoms in total. The largest absolute Gasteiger partial charge is 0.480 e. The lowest BCUT2D eigenvalue weighted by Gasteiger charge is -2.14. The molecule has 0 aliphatic carbocycles. The van der Waals surface area contributed by atoms with Crippen molar-refractivity contribution >= 4 is 27.7 Å². The zero-order valence-corrected chi connectivity index (χ0v) is 13.2. The van der Waals surface area contributed by atoms with Crippen LogP contribution in [0.2, 0.25) is 0 Å². The Morgan fingerprint density at radius 1 is 1.22 bits per heavy atom. The van der Waals surface area contributed by atoms with Crippen molar-refractivity contribution in [2.45, 2.75) is 24.3 Å². The average Bonchev–Trinajstić information content (AvgIpc) is 2.50. The molecule has 0 spiro atoms. The number of ether oxygens (including phenoxy) is 1. The number of aliphatic carboxylic acids is 1. The molecule has 0 bridgehead atoms. The third kappa shape index (κ3) is 6.47. The summed E-state index contributed by atoms with van der Waals surface area (Å²) < 4.78 is 28.6. The molecule has 0 unspecified atom stereocenters. The Morgan fingerprint density at radius 2 is 1.83 bits per heavy atom. The van der Waals surface area contributed by atoms with Crippen LogP contribution in [0, 0.1) is 0 Å². The van der Waals surface area contributed by atoms with Crippen LogP contribution in [0.15, 0.2) is 35.2 Å². The zero-order chi connectivity index (χ0) is 17.5. The number of hydrogen-bond donors (Lipinski definition) is 2. The molecule has 0 aliphatic rings. The molecule has 0 aliphatic heterocycles. The SMILES string of the molecule is CC(=O)OCC(=O)N[C@H](CCS(=O)(=O)c1ccccc1)C(=O)O. The Hall–Kier alpha value is -2.42. The van der Waals surface area contributed by atoms with Gasteiger partial charge in [0, 0.05) is 6.92 Å². The normalized spacial score (nSPS) is 12.2. The van der Waals surface area contributed by atoms with E-state index in [1.165, 1.54) is 12.1 Å². The standard InChI is InChI=1S/C14H17NO7S/c1-10(16)22-9-13(17)15-12(14(18)19)7-8-23(20,21)11-5-3-2-4-6-11/h2-6,12H,7-9H2,1H3,(H,15,17)(H,18,19)/t12-/m1/s1. The second-order valence-electron chi connectivity index (χ2n) is 4.66. The van der Waals surface area contributed by atoms with Gasteiger partial charge in [-0.3, -0.25) is 9.59 Å². The maximum Gasteiger partial charge on any atom is 0.326 e. The molecular weight excluding hydrogens is 326 g/mol. The fourth-order valence-corrected chi connectivity index (χ4v) is 3.03. The molecule has 9 heteroatoms. The highest BCUT2D eigenvalue weighted by molar-refractivity contribution is 7.91. The van der Waals surface area contributed by atoms with Gasteiger partial charge in [0.1, 0.15) is 6.04 Å². The Labute approximate surface area is 133 Å². The Balaban J connectivity index is 2.65. The van der Waals surface area contributed by atoms with Gasteiger partial charge in [-0.25, -0.2) is 13.2 Å². The maximum absolute atomic E-state index is 12.1. The quantitative estimate of drug-likeness (QED) is 0.635. The first-order valence-corrected chi connectivity index (χ1v) is 8.31. The third-order valence-electron chi connectivity index (χ3n) is 2.82. The second kappa shape index (κ2) is 8.28. The minimum atomic E-state index is -3.65. The molecule has 126 valence electrons. The van der Waals surface area contributed by atoms with E-state index < -0.39 is 46.1 Å². The van der Waals surface area contributed by atoms with Crippen molar-refractivity contribution < 1.29 is 32.6 Å². The van der Waals surface area contributed by atoms with Gasteiger partial charge in [-0.15, -0.1) is 0 Å². The van der Waals surface area contributed by atoms with E-state index in [0.29, 0.717) is 0 Å². The van der Waals surface area contributed by atoms with Gasteiger partial charge in [0.05, 0.1) is 10.6 Å². The summed E-state index contributed by atoms with van der Waals surface area (Å²) in [6.45, 7) is 0.485. The van der Waals surface area contributed by atoms with Gasteiger partial charge < -0.3 is 15.2 Å². The van der Waals surface area contributed by atoms with Crippen molar-refractivity contribution in [1.82, 2.24) is 5.32 Å². The number of benzene rings is 1. The van der Waals surface area contributed by atoms with Crippen molar-refractivity contribution in [2.75, 3.05) is 12.4 Å². The third-order valence-corrected chi connectivity index (χ3v) is 4.58. The molecule has 1 amide bonds. The number of amides is 1. The summed E-state index contributed by atoms with van der Waals surface area (Å²) in [5.74, 6) is -3.31. The zero-order valence-electron chi connectivity index (χ0n) is 12.4. The van der Waals surface area contributed by atoms with Crippen LogP contribution in [0.3, 0.4) is 0 Å². The summed E-state index contributed by atoms with van der Waals surface area (Å²) >= 11 is 0. The predicted octanol–water partition coefficient (Wildman–Crippen LogP) is -0.0171. The Morgan fingerprint density at radius 3 is 2.35 bits per heavy atom. The van der Waals surface area contributed by atoms with Gasteiger partial charge in [-0.2, -0.15) is 0 Å². The molecule has 1 atom stereocenters. The van der Waals surface area contributed by atoms with Gasteiger partial charge in [0.15, 0.2) is 16.4 Å². The first-order chi connectivity index (χ1) is 10.7. The molecule has 0 fully saturated rings. The van der Waals surface area contributed by atoms with Crippen LogP contribution < -0.4 is 5.32 Å². The lowest BCUT2D eigenvalue weighted by molar-refractivity contribution is -0.148. The fraction of sp³-hybridized carbons (Fsp3) is 0.357. The van der Waals surface area contributed by atoms with Gasteiger partial charge in [0.2, 0.25) is 0 Å². The minimum absolute atomic E-state index is 0.0791. The summed E-state index contributed by atoms with van der Waals surface area (Å²) in [4.78, 5) is 33.2. The maximum atomic E-state index is 12.1. The number of carbonyl (C=O) groups excluding carboxylic acids is 2. The van der Waals surface area contributed by atoms with E-state index in [9.17, 15) is 22.8 Å². The fourth-order valence-electron chi connectivity index (χ4n) is 1.68. The molecule has 23 heavy (non-hydrogen) atoms. The molecule has 0 radical (unpaired) electrons. The van der Waals surface area contributed by atoms with Crippen molar-refractivity contribution in [1.29, 1.82) is 0 Å². The van der Waals surface area contributed by atoms with E-state index in [-0.39, 0.29) is 11.3 Å². The lowest BCUT2D eigenvalue weighted by Crippen LogP contribution is -2.43. The number of hydrogen-bond acceptors (Lipinski definition) is 6. The molecule has 1 aromatic carbocycles. The molecule has 0 heterocycles. The number of sulfone groups is 1. The Bertz CT molecular complexity index is 670. The molecule has 1 rings (SSSR count). The first kappa shape index (κ1) is 18.6. The minimum Gasteiger partial charge on any atom is -0.480 e. The number of nitrogens with one attached hydrogen (secondary N) is 1. The highest BCUT2D eigenvalue weighted by Crippen LogP contribution is 2.12. The molecule has 0 saturated heterocycles. The van der Waals surface area contributed by atoms with Gasteiger partial charge in [-0.1, -0.05) is 18.2 Å². The van der Waals surface area contributed by atoms with Crippen LogP contribution in [0.5, 0.6) is 0 Å². The van der Waals surface area contributed by atoms with Crippen molar-refractivity contribution in [3.63, 3.8) is 0 Å².